The van der Waals surface area contributed by atoms with Crippen LogP contribution in [0.1, 0.15) is 37.8 Å². The van der Waals surface area contributed by atoms with E-state index in [4.69, 9.17) is 52.7 Å². The molecule has 13 nitrogen and oxygen atoms in total. The highest BCUT2D eigenvalue weighted by molar-refractivity contribution is 6.35. The Morgan fingerprint density at radius 2 is 1.83 bits per heavy atom. The predicted octanol–water partition coefficient (Wildman–Crippen LogP) is 2.14. The Hall–Kier alpha value is -2.98. The van der Waals surface area contributed by atoms with Crippen molar-refractivity contribution in [1.29, 1.82) is 0 Å². The second-order valence-electron chi connectivity index (χ2n) is 11.3. The Morgan fingerprint density at radius 3 is 2.52 bits per heavy atom. The number of nitrogens with one attached hydrogen (secondary N) is 1. The molecular weight excluding hydrogens is 645 g/mol. The fraction of sp³-hybridized carbons (Fsp3) is 0.484. The van der Waals surface area contributed by atoms with Crippen LogP contribution in [-0.2, 0) is 30.4 Å². The summed E-state index contributed by atoms with van der Waals surface area (Å²) in [6, 6.07) is 8.79. The van der Waals surface area contributed by atoms with Gasteiger partial charge in [-0.05, 0) is 49.2 Å². The topological polar surface area (TPSA) is 195 Å². The van der Waals surface area contributed by atoms with Crippen LogP contribution in [0.25, 0.3) is 6.08 Å². The Balaban J connectivity index is 1.17. The molecule has 2 aliphatic heterocycles. The number of carbonyl (C=O) groups excluding carboxylic acids is 1. The zero-order chi connectivity index (χ0) is 33.1. The second kappa shape index (κ2) is 14.8. The normalized spacial score (nSPS) is 31.4. The van der Waals surface area contributed by atoms with Crippen molar-refractivity contribution in [2.75, 3.05) is 12.5 Å². The molecule has 46 heavy (non-hydrogen) atoms. The van der Waals surface area contributed by atoms with Crippen molar-refractivity contribution in [1.82, 2.24) is 5.32 Å². The summed E-state index contributed by atoms with van der Waals surface area (Å²) in [5, 5.41) is 49.8. The molecule has 1 aliphatic carbocycles. The lowest BCUT2D eigenvalue weighted by Crippen LogP contribution is -2.67. The van der Waals surface area contributed by atoms with Crippen LogP contribution in [0.5, 0.6) is 5.75 Å². The van der Waals surface area contributed by atoms with Crippen molar-refractivity contribution in [3.63, 3.8) is 0 Å². The molecule has 2 heterocycles. The molecule has 250 valence electrons. The van der Waals surface area contributed by atoms with E-state index in [2.05, 4.69) is 10.5 Å². The van der Waals surface area contributed by atoms with Crippen LogP contribution in [0, 0.1) is 0 Å². The van der Waals surface area contributed by atoms with Gasteiger partial charge in [0, 0.05) is 27.6 Å². The van der Waals surface area contributed by atoms with E-state index in [-0.39, 0.29) is 31.1 Å². The Morgan fingerprint density at radius 1 is 1.09 bits per heavy atom. The number of benzene rings is 2. The number of nitrogens with zero attached hydrogens (tertiary/aromatic N) is 1. The molecule has 2 aromatic rings. The van der Waals surface area contributed by atoms with Gasteiger partial charge < -0.3 is 55.3 Å². The van der Waals surface area contributed by atoms with Crippen molar-refractivity contribution in [2.24, 2.45) is 5.16 Å². The minimum absolute atomic E-state index is 0.111. The molecule has 3 fully saturated rings. The molecule has 0 unspecified atom stereocenters. The molecule has 7 N–H and O–H groups in total. The SMILES string of the molecule is CC/C(=N\OCc1ccc(Cl)cc1Cl)[C@H]1O[C@@H](Oc2ccc(/C=C(\C)C(=O)N[C@@H]3[C@H](O)[C@@H](O)[C@H]4OCO[C@H]4[C@@H]3O)cc2N)C[C@@H]1O. The molecule has 2 saturated heterocycles. The number of carbonyl (C=O) groups is 1. The first-order valence-corrected chi connectivity index (χ1v) is 15.5. The molecule has 1 saturated carbocycles. The van der Waals surface area contributed by atoms with Crippen LogP contribution in [0.15, 0.2) is 47.1 Å². The number of aliphatic hydroxyl groups excluding tert-OH is 4. The Bertz CT molecular complexity index is 1480. The number of amides is 1. The quantitative estimate of drug-likeness (QED) is 0.0931. The zero-order valence-electron chi connectivity index (χ0n) is 25.1. The number of oxime groups is 1. The van der Waals surface area contributed by atoms with Crippen LogP contribution in [0.4, 0.5) is 5.69 Å². The number of nitrogen functional groups attached to an aromatic ring is 1. The van der Waals surface area contributed by atoms with E-state index in [0.29, 0.717) is 39.1 Å². The first-order valence-electron chi connectivity index (χ1n) is 14.8. The third-order valence-corrected chi connectivity index (χ3v) is 8.71. The maximum atomic E-state index is 12.9. The number of nitrogens with two attached hydrogens (primary N) is 1. The molecule has 15 heteroatoms. The van der Waals surface area contributed by atoms with Crippen molar-refractivity contribution >= 4 is 46.6 Å². The molecule has 2 aromatic carbocycles. The third-order valence-electron chi connectivity index (χ3n) is 8.12. The van der Waals surface area contributed by atoms with Crippen molar-refractivity contribution < 1.29 is 49.0 Å². The summed E-state index contributed by atoms with van der Waals surface area (Å²) >= 11 is 12.1. The molecular formula is C31H37Cl2N3O10. The molecule has 0 aromatic heterocycles. The zero-order valence-corrected chi connectivity index (χ0v) is 26.6. The summed E-state index contributed by atoms with van der Waals surface area (Å²) in [4.78, 5) is 18.4. The molecule has 1 amide bonds. The lowest BCUT2D eigenvalue weighted by atomic mass is 9.83. The van der Waals surface area contributed by atoms with Crippen LogP contribution in [0.2, 0.25) is 10.0 Å². The lowest BCUT2D eigenvalue weighted by molar-refractivity contribution is -0.155. The number of halogens is 2. The molecule has 0 radical (unpaired) electrons. The summed E-state index contributed by atoms with van der Waals surface area (Å²) in [5.74, 6) is -0.254. The summed E-state index contributed by atoms with van der Waals surface area (Å²) in [5.41, 5.74) is 8.55. The van der Waals surface area contributed by atoms with E-state index in [1.54, 1.807) is 49.4 Å². The summed E-state index contributed by atoms with van der Waals surface area (Å²) in [6.07, 6.45) is -6.11. The van der Waals surface area contributed by atoms with Crippen LogP contribution in [-0.4, -0.2) is 93.9 Å². The minimum Gasteiger partial charge on any atom is -0.463 e. The molecule has 9 atom stereocenters. The van der Waals surface area contributed by atoms with Crippen LogP contribution < -0.4 is 15.8 Å². The van der Waals surface area contributed by atoms with Gasteiger partial charge in [0.25, 0.3) is 0 Å². The van der Waals surface area contributed by atoms with E-state index in [0.717, 1.165) is 0 Å². The van der Waals surface area contributed by atoms with Crippen molar-refractivity contribution in [2.45, 2.75) is 88.4 Å². The fourth-order valence-electron chi connectivity index (χ4n) is 5.59. The number of ether oxygens (including phenoxy) is 4. The summed E-state index contributed by atoms with van der Waals surface area (Å²) < 4.78 is 22.5. The number of aliphatic hydroxyl groups is 4. The van der Waals surface area contributed by atoms with E-state index in [1.165, 1.54) is 0 Å². The van der Waals surface area contributed by atoms with Gasteiger partial charge in [0.1, 0.15) is 55.8 Å². The van der Waals surface area contributed by atoms with E-state index in [1.807, 2.05) is 6.92 Å². The Kier molecular flexibility index (Phi) is 11.1. The number of rotatable bonds is 10. The molecule has 3 aliphatic rings. The van der Waals surface area contributed by atoms with E-state index in [9.17, 15) is 25.2 Å². The first kappa shape index (κ1) is 34.4. The number of fused-ring (bicyclic) bond motifs is 1. The minimum atomic E-state index is -1.46. The molecule has 0 bridgehead atoms. The van der Waals surface area contributed by atoms with E-state index >= 15 is 0 Å². The van der Waals surface area contributed by atoms with Gasteiger partial charge in [-0.3, -0.25) is 4.79 Å². The highest BCUT2D eigenvalue weighted by Crippen LogP contribution is 2.32. The second-order valence-corrected chi connectivity index (χ2v) is 12.2. The standard InChI is InChI=1S/C31H37Cl2N3O10/c1-3-20(36-44-12-16-5-6-17(32)10-18(16)33)28-21(37)11-23(46-28)45-22-7-4-15(9-19(22)34)8-14(2)31(41)35-24-25(38)27(40)30-29(26(24)39)42-13-43-30/h4-10,21,23-30,37-40H,3,11-13,34H2,1-2H3,(H,35,41)/b14-8+,36-20+/t21-,23+,24+,25-,26+,27+,28+,29-,30+/m0/s1. The number of hydrogen-bond donors (Lipinski definition) is 6. The largest absolute Gasteiger partial charge is 0.463 e. The van der Waals surface area contributed by atoms with Crippen LogP contribution >= 0.6 is 23.2 Å². The van der Waals surface area contributed by atoms with Gasteiger partial charge in [0.05, 0.1) is 23.5 Å². The fourth-order valence-corrected chi connectivity index (χ4v) is 6.05. The van der Waals surface area contributed by atoms with Crippen molar-refractivity contribution in [3.8, 4) is 5.75 Å². The highest BCUT2D eigenvalue weighted by Gasteiger charge is 2.53. The van der Waals surface area contributed by atoms with E-state index < -0.39 is 61.0 Å². The smallest absolute Gasteiger partial charge is 0.247 e. The van der Waals surface area contributed by atoms with Gasteiger partial charge >= 0.3 is 0 Å². The van der Waals surface area contributed by atoms with Crippen molar-refractivity contribution in [3.05, 3.63) is 63.1 Å². The predicted molar refractivity (Wildman–Crippen MR) is 168 cm³/mol. The molecule has 5 rings (SSSR count). The van der Waals surface area contributed by atoms with Gasteiger partial charge in [-0.25, -0.2) is 0 Å². The van der Waals surface area contributed by atoms with Crippen LogP contribution in [0.3, 0.4) is 0 Å². The number of anilines is 1. The lowest BCUT2D eigenvalue weighted by Gasteiger charge is -2.41. The average molecular weight is 683 g/mol. The maximum Gasteiger partial charge on any atom is 0.247 e. The van der Waals surface area contributed by atoms with Gasteiger partial charge in [-0.15, -0.1) is 0 Å². The highest BCUT2D eigenvalue weighted by atomic mass is 35.5. The molecule has 0 spiro atoms. The monoisotopic (exact) mass is 681 g/mol. The maximum absolute atomic E-state index is 12.9. The van der Waals surface area contributed by atoms with Gasteiger partial charge in [0.15, 0.2) is 0 Å². The Labute approximate surface area is 275 Å². The average Bonchev–Trinajstić information content (AvgIpc) is 3.66. The third kappa shape index (κ3) is 7.59. The van der Waals surface area contributed by atoms with Gasteiger partial charge in [-0.1, -0.05) is 47.4 Å². The summed E-state index contributed by atoms with van der Waals surface area (Å²) in [7, 11) is 0. The number of hydrogen-bond acceptors (Lipinski definition) is 12. The van der Waals surface area contributed by atoms with Gasteiger partial charge in [-0.2, -0.15) is 0 Å². The first-order chi connectivity index (χ1) is 22.0. The summed E-state index contributed by atoms with van der Waals surface area (Å²) in [6.45, 7) is 3.40. The van der Waals surface area contributed by atoms with Gasteiger partial charge in [0.2, 0.25) is 12.2 Å².